The van der Waals surface area contributed by atoms with Gasteiger partial charge in [-0.3, -0.25) is 0 Å². The van der Waals surface area contributed by atoms with E-state index in [4.69, 9.17) is 10.00 Å². The van der Waals surface area contributed by atoms with E-state index >= 15 is 0 Å². The maximum Gasteiger partial charge on any atom is 0.123 e. The average molecular weight is 261 g/mol. The van der Waals surface area contributed by atoms with E-state index in [1.54, 1.807) is 12.1 Å². The summed E-state index contributed by atoms with van der Waals surface area (Å²) in [5.74, 6) is 0.370. The Morgan fingerprint density at radius 1 is 1.42 bits per heavy atom. The molecule has 0 N–H and O–H groups in total. The summed E-state index contributed by atoms with van der Waals surface area (Å²) in [6.45, 7) is 4.92. The third-order valence-corrected chi connectivity index (χ3v) is 3.91. The van der Waals surface area contributed by atoms with Gasteiger partial charge in [0.25, 0.3) is 0 Å². The highest BCUT2D eigenvalue weighted by Gasteiger charge is 2.34. The molecule has 19 heavy (non-hydrogen) atoms. The Morgan fingerprint density at radius 2 is 2.11 bits per heavy atom. The number of hydrogen-bond acceptors (Lipinski definition) is 2. The van der Waals surface area contributed by atoms with Crippen molar-refractivity contribution < 1.29 is 9.13 Å². The minimum Gasteiger partial charge on any atom is -0.376 e. The standard InChI is InChI=1S/C16H20FNO/c1-16(2)11-13(8-10-19-16)15(7-9-18)12-3-5-14(17)6-4-12/h3-6,13,15H,7-8,10-11H2,1-2H3/t13-,15-/m0/s1. The lowest BCUT2D eigenvalue weighted by Gasteiger charge is -2.39. The molecule has 1 aliphatic heterocycles. The van der Waals surface area contributed by atoms with Crippen molar-refractivity contribution in [2.24, 2.45) is 5.92 Å². The van der Waals surface area contributed by atoms with Gasteiger partial charge in [-0.05, 0) is 56.2 Å². The van der Waals surface area contributed by atoms with Crippen LogP contribution >= 0.6 is 0 Å². The molecule has 1 aromatic rings. The van der Waals surface area contributed by atoms with Crippen molar-refractivity contribution in [1.29, 1.82) is 5.26 Å². The molecule has 1 fully saturated rings. The summed E-state index contributed by atoms with van der Waals surface area (Å²) in [6.07, 6.45) is 2.39. The predicted molar refractivity (Wildman–Crippen MR) is 72.1 cm³/mol. The van der Waals surface area contributed by atoms with Crippen LogP contribution in [0.5, 0.6) is 0 Å². The Morgan fingerprint density at radius 3 is 2.68 bits per heavy atom. The molecule has 2 rings (SSSR count). The highest BCUT2D eigenvalue weighted by atomic mass is 19.1. The van der Waals surface area contributed by atoms with Crippen molar-refractivity contribution in [2.75, 3.05) is 6.61 Å². The lowest BCUT2D eigenvalue weighted by Crippen LogP contribution is -2.36. The molecule has 1 aliphatic rings. The van der Waals surface area contributed by atoms with Crippen LogP contribution in [0.15, 0.2) is 24.3 Å². The molecule has 2 atom stereocenters. The fourth-order valence-electron chi connectivity index (χ4n) is 2.99. The number of ether oxygens (including phenoxy) is 1. The smallest absolute Gasteiger partial charge is 0.123 e. The van der Waals surface area contributed by atoms with Gasteiger partial charge >= 0.3 is 0 Å². The number of nitrogens with zero attached hydrogens (tertiary/aromatic N) is 1. The molecule has 3 heteroatoms. The summed E-state index contributed by atoms with van der Waals surface area (Å²) in [7, 11) is 0. The van der Waals surface area contributed by atoms with Gasteiger partial charge in [-0.25, -0.2) is 4.39 Å². The van der Waals surface area contributed by atoms with Crippen LogP contribution in [-0.2, 0) is 4.74 Å². The van der Waals surface area contributed by atoms with Crippen LogP contribution in [0.3, 0.4) is 0 Å². The van der Waals surface area contributed by atoms with E-state index in [-0.39, 0.29) is 17.3 Å². The first-order valence-electron chi connectivity index (χ1n) is 6.78. The summed E-state index contributed by atoms with van der Waals surface area (Å²) in [4.78, 5) is 0. The molecule has 0 unspecified atom stereocenters. The summed E-state index contributed by atoms with van der Waals surface area (Å²) in [5, 5.41) is 9.06. The zero-order valence-corrected chi connectivity index (χ0v) is 11.5. The van der Waals surface area contributed by atoms with E-state index < -0.39 is 0 Å². The van der Waals surface area contributed by atoms with E-state index in [2.05, 4.69) is 19.9 Å². The fraction of sp³-hybridized carbons (Fsp3) is 0.562. The molecular formula is C16H20FNO. The Kier molecular flexibility index (Phi) is 4.21. The van der Waals surface area contributed by atoms with E-state index in [0.717, 1.165) is 25.0 Å². The van der Waals surface area contributed by atoms with E-state index in [0.29, 0.717) is 12.3 Å². The molecule has 0 spiro atoms. The Balaban J connectivity index is 2.20. The Labute approximate surface area is 114 Å². The van der Waals surface area contributed by atoms with Gasteiger partial charge in [0.2, 0.25) is 0 Å². The van der Waals surface area contributed by atoms with Gasteiger partial charge in [-0.15, -0.1) is 0 Å². The second-order valence-electron chi connectivity index (χ2n) is 5.88. The van der Waals surface area contributed by atoms with Crippen molar-refractivity contribution in [3.8, 4) is 6.07 Å². The number of benzene rings is 1. The van der Waals surface area contributed by atoms with Gasteiger partial charge < -0.3 is 4.74 Å². The first kappa shape index (κ1) is 14.0. The SMILES string of the molecule is CC1(C)C[C@@H]([C@@H](CC#N)c2ccc(F)cc2)CCO1. The van der Waals surface area contributed by atoms with Crippen molar-refractivity contribution >= 4 is 0 Å². The molecule has 0 radical (unpaired) electrons. The van der Waals surface area contributed by atoms with Gasteiger partial charge in [-0.1, -0.05) is 12.1 Å². The quantitative estimate of drug-likeness (QED) is 0.823. The zero-order valence-electron chi connectivity index (χ0n) is 11.5. The van der Waals surface area contributed by atoms with Crippen LogP contribution in [0.4, 0.5) is 4.39 Å². The maximum absolute atomic E-state index is 13.0. The maximum atomic E-state index is 13.0. The molecule has 1 aromatic carbocycles. The molecule has 102 valence electrons. The Hall–Kier alpha value is -1.40. The van der Waals surface area contributed by atoms with Gasteiger partial charge in [-0.2, -0.15) is 5.26 Å². The minimum atomic E-state index is -0.230. The summed E-state index contributed by atoms with van der Waals surface area (Å²) in [5.41, 5.74) is 0.932. The van der Waals surface area contributed by atoms with Gasteiger partial charge in [0.1, 0.15) is 5.82 Å². The normalized spacial score (nSPS) is 23.6. The fourth-order valence-corrected chi connectivity index (χ4v) is 2.99. The van der Waals surface area contributed by atoms with Crippen molar-refractivity contribution in [2.45, 2.75) is 44.6 Å². The highest BCUT2D eigenvalue weighted by Crippen LogP contribution is 2.39. The largest absolute Gasteiger partial charge is 0.376 e. The van der Waals surface area contributed by atoms with Crippen LogP contribution in [0.25, 0.3) is 0 Å². The van der Waals surface area contributed by atoms with Crippen LogP contribution in [0.1, 0.15) is 44.6 Å². The number of hydrogen-bond donors (Lipinski definition) is 0. The topological polar surface area (TPSA) is 33.0 Å². The van der Waals surface area contributed by atoms with Gasteiger partial charge in [0.05, 0.1) is 11.7 Å². The number of rotatable bonds is 3. The minimum absolute atomic E-state index is 0.128. The lowest BCUT2D eigenvalue weighted by atomic mass is 9.75. The molecule has 1 heterocycles. The van der Waals surface area contributed by atoms with E-state index in [1.807, 2.05) is 0 Å². The first-order chi connectivity index (χ1) is 9.02. The van der Waals surface area contributed by atoms with Crippen LogP contribution < -0.4 is 0 Å². The third-order valence-electron chi connectivity index (χ3n) is 3.91. The van der Waals surface area contributed by atoms with Crippen LogP contribution in [0.2, 0.25) is 0 Å². The zero-order chi connectivity index (χ0) is 13.9. The third kappa shape index (κ3) is 3.54. The molecule has 0 aliphatic carbocycles. The van der Waals surface area contributed by atoms with Crippen LogP contribution in [-0.4, -0.2) is 12.2 Å². The van der Waals surface area contributed by atoms with Crippen molar-refractivity contribution in [3.63, 3.8) is 0 Å². The monoisotopic (exact) mass is 261 g/mol. The number of nitriles is 1. The van der Waals surface area contributed by atoms with E-state index in [9.17, 15) is 4.39 Å². The molecule has 1 saturated heterocycles. The Bertz CT molecular complexity index is 461. The lowest BCUT2D eigenvalue weighted by molar-refractivity contribution is -0.0766. The molecule has 0 saturated carbocycles. The number of halogens is 1. The van der Waals surface area contributed by atoms with Crippen molar-refractivity contribution in [1.82, 2.24) is 0 Å². The molecule has 0 amide bonds. The molecular weight excluding hydrogens is 241 g/mol. The van der Waals surface area contributed by atoms with Crippen LogP contribution in [0, 0.1) is 23.1 Å². The highest BCUT2D eigenvalue weighted by molar-refractivity contribution is 5.22. The first-order valence-corrected chi connectivity index (χ1v) is 6.78. The van der Waals surface area contributed by atoms with E-state index in [1.165, 1.54) is 12.1 Å². The second-order valence-corrected chi connectivity index (χ2v) is 5.88. The molecule has 0 aromatic heterocycles. The molecule has 2 nitrogen and oxygen atoms in total. The predicted octanol–water partition coefficient (Wildman–Crippen LogP) is 4.03. The summed E-state index contributed by atoms with van der Waals surface area (Å²) < 4.78 is 18.8. The van der Waals surface area contributed by atoms with Crippen molar-refractivity contribution in [3.05, 3.63) is 35.6 Å². The molecule has 0 bridgehead atoms. The van der Waals surface area contributed by atoms with Gasteiger partial charge in [0, 0.05) is 13.0 Å². The summed E-state index contributed by atoms with van der Waals surface area (Å²) in [6, 6.07) is 8.83. The summed E-state index contributed by atoms with van der Waals surface area (Å²) >= 11 is 0. The average Bonchev–Trinajstić information content (AvgIpc) is 2.36. The van der Waals surface area contributed by atoms with Gasteiger partial charge in [0.15, 0.2) is 0 Å². The second kappa shape index (κ2) is 5.71.